The van der Waals surface area contributed by atoms with Gasteiger partial charge in [0, 0.05) is 17.2 Å². The summed E-state index contributed by atoms with van der Waals surface area (Å²) in [5.74, 6) is 0.424. The molecule has 1 aromatic carbocycles. The summed E-state index contributed by atoms with van der Waals surface area (Å²) in [5, 5.41) is 14.2. The molecule has 0 N–H and O–H groups in total. The van der Waals surface area contributed by atoms with E-state index in [9.17, 15) is 10.1 Å². The molecule has 0 amide bonds. The minimum absolute atomic E-state index is 0.0854. The number of nitrogens with zero attached hydrogens (tertiary/aromatic N) is 3. The Balaban J connectivity index is 2.47. The van der Waals surface area contributed by atoms with Crippen molar-refractivity contribution in [3.8, 4) is 11.4 Å². The lowest BCUT2D eigenvalue weighted by atomic mass is 10.1. The summed E-state index contributed by atoms with van der Waals surface area (Å²) < 4.78 is 4.59. The molecule has 0 unspecified atom stereocenters. The lowest BCUT2D eigenvalue weighted by molar-refractivity contribution is -0.385. The Bertz CT molecular complexity index is 493. The lowest BCUT2D eigenvalue weighted by Gasteiger charge is -1.98. The van der Waals surface area contributed by atoms with E-state index < -0.39 is 4.92 Å². The van der Waals surface area contributed by atoms with E-state index in [1.807, 2.05) is 0 Å². The van der Waals surface area contributed by atoms with E-state index >= 15 is 0 Å². The molecule has 6 nitrogen and oxygen atoms in total. The van der Waals surface area contributed by atoms with Crippen molar-refractivity contribution in [1.82, 2.24) is 10.1 Å². The first kappa shape index (κ1) is 9.32. The average molecular weight is 205 g/mol. The zero-order chi connectivity index (χ0) is 10.8. The van der Waals surface area contributed by atoms with Gasteiger partial charge in [0.2, 0.25) is 12.2 Å². The largest absolute Gasteiger partial charge is 0.342 e. The minimum atomic E-state index is -0.421. The molecule has 0 saturated carbocycles. The van der Waals surface area contributed by atoms with Gasteiger partial charge in [0.15, 0.2) is 0 Å². The van der Waals surface area contributed by atoms with Gasteiger partial charge in [0.05, 0.1) is 4.92 Å². The fourth-order valence-corrected chi connectivity index (χ4v) is 1.30. The van der Waals surface area contributed by atoms with Gasteiger partial charge in [-0.05, 0) is 19.1 Å². The third-order valence-corrected chi connectivity index (χ3v) is 2.01. The molecule has 15 heavy (non-hydrogen) atoms. The highest BCUT2D eigenvalue weighted by Gasteiger charge is 2.12. The van der Waals surface area contributed by atoms with Crippen LogP contribution in [0.15, 0.2) is 29.1 Å². The van der Waals surface area contributed by atoms with Crippen molar-refractivity contribution in [3.05, 3.63) is 40.3 Å². The Labute approximate surface area is 84.7 Å². The van der Waals surface area contributed by atoms with Crippen LogP contribution < -0.4 is 0 Å². The second kappa shape index (κ2) is 3.49. The summed E-state index contributed by atoms with van der Waals surface area (Å²) in [6, 6.07) is 4.68. The molecule has 0 radical (unpaired) electrons. The van der Waals surface area contributed by atoms with Crippen molar-refractivity contribution in [2.24, 2.45) is 0 Å². The smallest absolute Gasteiger partial charge is 0.272 e. The third-order valence-electron chi connectivity index (χ3n) is 2.01. The van der Waals surface area contributed by atoms with E-state index in [4.69, 9.17) is 0 Å². The SMILES string of the molecule is Cc1cc(-c2ncon2)ccc1[N+](=O)[O-]. The van der Waals surface area contributed by atoms with Gasteiger partial charge in [0.1, 0.15) is 0 Å². The number of nitro benzene ring substituents is 1. The van der Waals surface area contributed by atoms with E-state index in [0.717, 1.165) is 0 Å². The first-order chi connectivity index (χ1) is 7.18. The van der Waals surface area contributed by atoms with Crippen LogP contribution in [0.2, 0.25) is 0 Å². The standard InChI is InChI=1S/C9H7N3O3/c1-6-4-7(9-10-5-15-11-9)2-3-8(6)12(13)14/h2-5H,1H3. The molecule has 0 aliphatic carbocycles. The quantitative estimate of drug-likeness (QED) is 0.552. The third kappa shape index (κ3) is 1.69. The number of nitro groups is 1. The van der Waals surface area contributed by atoms with Gasteiger partial charge in [-0.2, -0.15) is 4.98 Å². The maximum Gasteiger partial charge on any atom is 0.272 e. The molecule has 0 fully saturated rings. The molecule has 2 rings (SSSR count). The van der Waals surface area contributed by atoms with Gasteiger partial charge < -0.3 is 4.52 Å². The Kier molecular flexibility index (Phi) is 2.17. The van der Waals surface area contributed by atoms with Crippen LogP contribution in [0.4, 0.5) is 5.69 Å². The van der Waals surface area contributed by atoms with Crippen LogP contribution in [-0.2, 0) is 0 Å². The summed E-state index contributed by atoms with van der Waals surface area (Å²) in [5.41, 5.74) is 1.36. The van der Waals surface area contributed by atoms with Crippen LogP contribution in [0, 0.1) is 17.0 Å². The summed E-state index contributed by atoms with van der Waals surface area (Å²) in [7, 11) is 0. The van der Waals surface area contributed by atoms with E-state index in [1.165, 1.54) is 12.5 Å². The molecular formula is C9H7N3O3. The van der Waals surface area contributed by atoms with Gasteiger partial charge >= 0.3 is 0 Å². The summed E-state index contributed by atoms with van der Waals surface area (Å²) in [6.45, 7) is 1.67. The van der Waals surface area contributed by atoms with Crippen LogP contribution in [0.25, 0.3) is 11.4 Å². The fourth-order valence-electron chi connectivity index (χ4n) is 1.30. The number of hydrogen-bond acceptors (Lipinski definition) is 5. The zero-order valence-corrected chi connectivity index (χ0v) is 7.88. The summed E-state index contributed by atoms with van der Waals surface area (Å²) >= 11 is 0. The summed E-state index contributed by atoms with van der Waals surface area (Å²) in [6.07, 6.45) is 1.21. The van der Waals surface area contributed by atoms with Crippen molar-refractivity contribution >= 4 is 5.69 Å². The predicted molar refractivity (Wildman–Crippen MR) is 51.1 cm³/mol. The zero-order valence-electron chi connectivity index (χ0n) is 7.88. The van der Waals surface area contributed by atoms with Crippen LogP contribution in [0.1, 0.15) is 5.56 Å². The second-order valence-electron chi connectivity index (χ2n) is 3.01. The number of hydrogen-bond donors (Lipinski definition) is 0. The molecule has 1 heterocycles. The van der Waals surface area contributed by atoms with Crippen LogP contribution in [0.5, 0.6) is 0 Å². The molecule has 0 spiro atoms. The van der Waals surface area contributed by atoms with E-state index in [0.29, 0.717) is 17.0 Å². The number of benzene rings is 1. The van der Waals surface area contributed by atoms with Crippen LogP contribution in [0.3, 0.4) is 0 Å². The Hall–Kier alpha value is -2.24. The number of rotatable bonds is 2. The van der Waals surface area contributed by atoms with E-state index in [-0.39, 0.29) is 5.69 Å². The van der Waals surface area contributed by atoms with Crippen molar-refractivity contribution in [2.45, 2.75) is 6.92 Å². The van der Waals surface area contributed by atoms with Crippen LogP contribution >= 0.6 is 0 Å². The van der Waals surface area contributed by atoms with Gasteiger partial charge in [-0.15, -0.1) is 0 Å². The molecule has 76 valence electrons. The highest BCUT2D eigenvalue weighted by atomic mass is 16.6. The van der Waals surface area contributed by atoms with Gasteiger partial charge in [-0.3, -0.25) is 10.1 Å². The van der Waals surface area contributed by atoms with E-state index in [1.54, 1.807) is 19.1 Å². The Morgan fingerprint density at radius 1 is 1.47 bits per heavy atom. The monoisotopic (exact) mass is 205 g/mol. The average Bonchev–Trinajstić information content (AvgIpc) is 2.69. The van der Waals surface area contributed by atoms with Crippen LogP contribution in [-0.4, -0.2) is 15.1 Å². The Morgan fingerprint density at radius 3 is 2.80 bits per heavy atom. The van der Waals surface area contributed by atoms with Crippen molar-refractivity contribution in [2.75, 3.05) is 0 Å². The molecular weight excluding hydrogens is 198 g/mol. The van der Waals surface area contributed by atoms with Crippen molar-refractivity contribution < 1.29 is 9.45 Å². The van der Waals surface area contributed by atoms with Gasteiger partial charge in [-0.25, -0.2) is 0 Å². The van der Waals surface area contributed by atoms with Crippen molar-refractivity contribution in [1.29, 1.82) is 0 Å². The van der Waals surface area contributed by atoms with Gasteiger partial charge in [0.25, 0.3) is 5.69 Å². The molecule has 2 aromatic rings. The number of aromatic nitrogens is 2. The molecule has 6 heteroatoms. The minimum Gasteiger partial charge on any atom is -0.342 e. The topological polar surface area (TPSA) is 82.1 Å². The maximum absolute atomic E-state index is 10.6. The maximum atomic E-state index is 10.6. The first-order valence-electron chi connectivity index (χ1n) is 4.20. The normalized spacial score (nSPS) is 10.2. The highest BCUT2D eigenvalue weighted by Crippen LogP contribution is 2.23. The fraction of sp³-hybridized carbons (Fsp3) is 0.111. The van der Waals surface area contributed by atoms with Crippen molar-refractivity contribution in [3.63, 3.8) is 0 Å². The summed E-state index contributed by atoms with van der Waals surface area (Å²) in [4.78, 5) is 14.0. The number of aryl methyl sites for hydroxylation is 1. The molecule has 1 aromatic heterocycles. The molecule has 0 saturated heterocycles. The predicted octanol–water partition coefficient (Wildman–Crippen LogP) is 1.95. The molecule has 0 aliphatic heterocycles. The Morgan fingerprint density at radius 2 is 2.27 bits per heavy atom. The highest BCUT2D eigenvalue weighted by molar-refractivity contribution is 5.59. The van der Waals surface area contributed by atoms with Gasteiger partial charge in [-0.1, -0.05) is 5.16 Å². The molecule has 0 aliphatic rings. The second-order valence-corrected chi connectivity index (χ2v) is 3.01. The lowest BCUT2D eigenvalue weighted by Crippen LogP contribution is -1.92. The molecule has 0 bridgehead atoms. The molecule has 0 atom stereocenters. The first-order valence-corrected chi connectivity index (χ1v) is 4.20. The van der Waals surface area contributed by atoms with E-state index in [2.05, 4.69) is 14.7 Å².